The molecule has 0 radical (unpaired) electrons. The molecule has 4 rings (SSSR count). The van der Waals surface area contributed by atoms with E-state index in [0.29, 0.717) is 11.4 Å². The number of amides is 1. The van der Waals surface area contributed by atoms with Crippen molar-refractivity contribution in [1.29, 1.82) is 0 Å². The standard InChI is InChI=1S/C22H24N4O2/c1-15-6-5-7-16(12-15)22(27)24-19-8-3-4-9-20-18(19)14-26(25-20)17-10-11-23-21(13-17)28-2/h5-7,10-14,19H,3-4,8-9H2,1-2H3,(H,24,27)/t19-/m1/s1. The van der Waals surface area contributed by atoms with Gasteiger partial charge in [0.15, 0.2) is 0 Å². The maximum atomic E-state index is 12.8. The summed E-state index contributed by atoms with van der Waals surface area (Å²) in [5, 5.41) is 8.00. The first-order chi connectivity index (χ1) is 13.6. The van der Waals surface area contributed by atoms with Gasteiger partial charge >= 0.3 is 0 Å². The van der Waals surface area contributed by atoms with Gasteiger partial charge in [0, 0.05) is 29.6 Å². The van der Waals surface area contributed by atoms with Crippen molar-refractivity contribution in [1.82, 2.24) is 20.1 Å². The van der Waals surface area contributed by atoms with Crippen molar-refractivity contribution in [2.45, 2.75) is 38.6 Å². The van der Waals surface area contributed by atoms with Gasteiger partial charge in [-0.1, -0.05) is 24.1 Å². The molecule has 6 heteroatoms. The van der Waals surface area contributed by atoms with E-state index in [2.05, 4.69) is 10.3 Å². The molecule has 2 heterocycles. The molecule has 0 fully saturated rings. The number of benzene rings is 1. The van der Waals surface area contributed by atoms with Crippen molar-refractivity contribution in [2.75, 3.05) is 7.11 Å². The van der Waals surface area contributed by atoms with Gasteiger partial charge in [-0.05, 0) is 44.4 Å². The summed E-state index contributed by atoms with van der Waals surface area (Å²) in [5.41, 5.74) is 4.80. The molecule has 28 heavy (non-hydrogen) atoms. The maximum Gasteiger partial charge on any atom is 0.251 e. The van der Waals surface area contributed by atoms with Gasteiger partial charge in [-0.25, -0.2) is 9.67 Å². The van der Waals surface area contributed by atoms with Crippen LogP contribution in [0.1, 0.15) is 52.5 Å². The average molecular weight is 376 g/mol. The highest BCUT2D eigenvalue weighted by Gasteiger charge is 2.24. The van der Waals surface area contributed by atoms with Crippen molar-refractivity contribution in [3.63, 3.8) is 0 Å². The Morgan fingerprint density at radius 2 is 2.14 bits per heavy atom. The number of rotatable bonds is 4. The predicted molar refractivity (Wildman–Crippen MR) is 107 cm³/mol. The van der Waals surface area contributed by atoms with E-state index < -0.39 is 0 Å². The minimum atomic E-state index is -0.0418. The van der Waals surface area contributed by atoms with E-state index in [4.69, 9.17) is 9.84 Å². The third kappa shape index (κ3) is 3.76. The Hall–Kier alpha value is -3.15. The highest BCUT2D eigenvalue weighted by atomic mass is 16.5. The molecule has 2 aromatic heterocycles. The SMILES string of the molecule is COc1cc(-n2cc3c(n2)CCCC[C@H]3NC(=O)c2cccc(C)c2)ccn1. The van der Waals surface area contributed by atoms with Crippen LogP contribution in [0, 0.1) is 6.92 Å². The van der Waals surface area contributed by atoms with Crippen LogP contribution in [0.3, 0.4) is 0 Å². The van der Waals surface area contributed by atoms with Gasteiger partial charge in [0.25, 0.3) is 5.91 Å². The van der Waals surface area contributed by atoms with E-state index in [0.717, 1.165) is 48.2 Å². The second-order valence-electron chi connectivity index (χ2n) is 7.17. The van der Waals surface area contributed by atoms with Crippen molar-refractivity contribution >= 4 is 5.91 Å². The van der Waals surface area contributed by atoms with Crippen LogP contribution in [-0.4, -0.2) is 27.8 Å². The fraction of sp³-hybridized carbons (Fsp3) is 0.318. The van der Waals surface area contributed by atoms with Crippen LogP contribution >= 0.6 is 0 Å². The second-order valence-corrected chi connectivity index (χ2v) is 7.17. The van der Waals surface area contributed by atoms with E-state index in [1.807, 2.05) is 54.2 Å². The first kappa shape index (κ1) is 18.2. The first-order valence-corrected chi connectivity index (χ1v) is 9.60. The molecule has 144 valence electrons. The Kier molecular flexibility index (Phi) is 5.10. The van der Waals surface area contributed by atoms with Crippen LogP contribution in [0.4, 0.5) is 0 Å². The van der Waals surface area contributed by atoms with Crippen molar-refractivity contribution < 1.29 is 9.53 Å². The number of aryl methyl sites for hydroxylation is 2. The molecule has 1 aromatic carbocycles. The summed E-state index contributed by atoms with van der Waals surface area (Å²) in [6.45, 7) is 1.99. The average Bonchev–Trinajstić information content (AvgIpc) is 3.06. The third-order valence-corrected chi connectivity index (χ3v) is 5.13. The Balaban J connectivity index is 1.62. The van der Waals surface area contributed by atoms with E-state index in [1.54, 1.807) is 13.3 Å². The van der Waals surface area contributed by atoms with Crippen LogP contribution in [-0.2, 0) is 6.42 Å². The number of carbonyl (C=O) groups excluding carboxylic acids is 1. The van der Waals surface area contributed by atoms with Crippen molar-refractivity contribution in [3.8, 4) is 11.6 Å². The number of carbonyl (C=O) groups is 1. The molecule has 0 aliphatic heterocycles. The van der Waals surface area contributed by atoms with Gasteiger partial charge in [0.05, 0.1) is 24.5 Å². The molecule has 1 aliphatic rings. The molecule has 1 N–H and O–H groups in total. The van der Waals surface area contributed by atoms with Crippen LogP contribution in [0.15, 0.2) is 48.8 Å². The fourth-order valence-electron chi connectivity index (χ4n) is 3.67. The van der Waals surface area contributed by atoms with E-state index >= 15 is 0 Å². The van der Waals surface area contributed by atoms with Gasteiger partial charge in [-0.2, -0.15) is 5.10 Å². The highest BCUT2D eigenvalue weighted by Crippen LogP contribution is 2.29. The lowest BCUT2D eigenvalue weighted by Crippen LogP contribution is -2.28. The molecule has 6 nitrogen and oxygen atoms in total. The summed E-state index contributed by atoms with van der Waals surface area (Å²) >= 11 is 0. The molecule has 0 spiro atoms. The number of hydrogen-bond donors (Lipinski definition) is 1. The van der Waals surface area contributed by atoms with Crippen LogP contribution in [0.25, 0.3) is 5.69 Å². The third-order valence-electron chi connectivity index (χ3n) is 5.13. The Morgan fingerprint density at radius 3 is 2.96 bits per heavy atom. The molecular formula is C22H24N4O2. The zero-order valence-electron chi connectivity index (χ0n) is 16.2. The zero-order chi connectivity index (χ0) is 19.5. The van der Waals surface area contributed by atoms with Gasteiger partial charge in [-0.3, -0.25) is 4.79 Å². The van der Waals surface area contributed by atoms with E-state index in [1.165, 1.54) is 0 Å². The molecule has 1 amide bonds. The minimum Gasteiger partial charge on any atom is -0.481 e. The lowest BCUT2D eigenvalue weighted by Gasteiger charge is -2.17. The Morgan fingerprint density at radius 1 is 1.25 bits per heavy atom. The monoisotopic (exact) mass is 376 g/mol. The molecule has 0 bridgehead atoms. The molecule has 0 saturated heterocycles. The summed E-state index contributed by atoms with van der Waals surface area (Å²) in [7, 11) is 1.60. The number of ether oxygens (including phenoxy) is 1. The first-order valence-electron chi connectivity index (χ1n) is 9.60. The molecule has 3 aromatic rings. The zero-order valence-corrected chi connectivity index (χ0v) is 16.2. The van der Waals surface area contributed by atoms with Gasteiger partial charge in [-0.15, -0.1) is 0 Å². The largest absolute Gasteiger partial charge is 0.481 e. The van der Waals surface area contributed by atoms with E-state index in [9.17, 15) is 4.79 Å². The highest BCUT2D eigenvalue weighted by molar-refractivity contribution is 5.94. The summed E-state index contributed by atoms with van der Waals surface area (Å²) < 4.78 is 7.07. The smallest absolute Gasteiger partial charge is 0.251 e. The number of methoxy groups -OCH3 is 1. The minimum absolute atomic E-state index is 0.0389. The van der Waals surface area contributed by atoms with Gasteiger partial charge < -0.3 is 10.1 Å². The molecule has 0 saturated carbocycles. The Labute approximate surface area is 164 Å². The number of pyridine rings is 1. The molecule has 1 atom stereocenters. The molecular weight excluding hydrogens is 352 g/mol. The normalized spacial score (nSPS) is 16.1. The quantitative estimate of drug-likeness (QED) is 0.704. The topological polar surface area (TPSA) is 69.0 Å². The van der Waals surface area contributed by atoms with E-state index in [-0.39, 0.29) is 11.9 Å². The fourth-order valence-corrected chi connectivity index (χ4v) is 3.67. The number of fused-ring (bicyclic) bond motifs is 1. The summed E-state index contributed by atoms with van der Waals surface area (Å²) in [6, 6.07) is 11.4. The lowest BCUT2D eigenvalue weighted by atomic mass is 10.0. The van der Waals surface area contributed by atoms with Crippen molar-refractivity contribution in [2.24, 2.45) is 0 Å². The van der Waals surface area contributed by atoms with Crippen LogP contribution < -0.4 is 10.1 Å². The predicted octanol–water partition coefficient (Wildman–Crippen LogP) is 3.78. The lowest BCUT2D eigenvalue weighted by molar-refractivity contribution is 0.0934. The second kappa shape index (κ2) is 7.84. The molecule has 0 unspecified atom stereocenters. The number of aromatic nitrogens is 3. The Bertz CT molecular complexity index is 996. The van der Waals surface area contributed by atoms with Gasteiger partial charge in [0.2, 0.25) is 5.88 Å². The summed E-state index contributed by atoms with van der Waals surface area (Å²) in [4.78, 5) is 16.9. The van der Waals surface area contributed by atoms with Crippen LogP contribution in [0.2, 0.25) is 0 Å². The van der Waals surface area contributed by atoms with Gasteiger partial charge in [0.1, 0.15) is 0 Å². The summed E-state index contributed by atoms with van der Waals surface area (Å²) in [6.07, 6.45) is 7.70. The number of nitrogens with one attached hydrogen (secondary N) is 1. The van der Waals surface area contributed by atoms with Crippen LogP contribution in [0.5, 0.6) is 5.88 Å². The van der Waals surface area contributed by atoms with Crippen molar-refractivity contribution in [3.05, 3.63) is 71.2 Å². The maximum absolute atomic E-state index is 12.8. The summed E-state index contributed by atoms with van der Waals surface area (Å²) in [5.74, 6) is 0.507. The molecule has 1 aliphatic carbocycles. The number of nitrogens with zero attached hydrogens (tertiary/aromatic N) is 3. The number of hydrogen-bond acceptors (Lipinski definition) is 4.